The van der Waals surface area contributed by atoms with E-state index in [0.29, 0.717) is 0 Å². The van der Waals surface area contributed by atoms with E-state index in [-0.39, 0.29) is 0 Å². The molecule has 0 saturated carbocycles. The van der Waals surface area contributed by atoms with Gasteiger partial charge in [0.2, 0.25) is 0 Å². The summed E-state index contributed by atoms with van der Waals surface area (Å²) in [6.45, 7) is 0. The maximum absolute atomic E-state index is 4.34. The molecular weight excluding hydrogens is 464 g/mol. The van der Waals surface area contributed by atoms with Gasteiger partial charge in [0.15, 0.2) is 0 Å². The van der Waals surface area contributed by atoms with E-state index in [0.717, 1.165) is 45.3 Å². The topological polar surface area (TPSA) is 32.3 Å². The van der Waals surface area contributed by atoms with Crippen LogP contribution in [0.2, 0.25) is 0 Å². The Bertz CT molecular complexity index is 1370. The second-order valence-corrected chi connectivity index (χ2v) is 8.86. The van der Waals surface area contributed by atoms with Crippen LogP contribution in [0.1, 0.15) is 0 Å². The predicted molar refractivity (Wildman–Crippen MR) is 157 cm³/mol. The van der Waals surface area contributed by atoms with E-state index in [2.05, 4.69) is 129 Å². The molecule has 0 aliphatic carbocycles. The number of pyridine rings is 2. The third-order valence-corrected chi connectivity index (χ3v) is 6.42. The van der Waals surface area contributed by atoms with Gasteiger partial charge in [-0.25, -0.2) is 0 Å². The van der Waals surface area contributed by atoms with Gasteiger partial charge in [0.1, 0.15) is 0 Å². The number of benzene rings is 4. The van der Waals surface area contributed by atoms with E-state index in [1.165, 1.54) is 0 Å². The van der Waals surface area contributed by atoms with E-state index in [1.807, 2.05) is 36.7 Å². The van der Waals surface area contributed by atoms with Crippen molar-refractivity contribution in [3.05, 3.63) is 158 Å². The summed E-state index contributed by atoms with van der Waals surface area (Å²) < 4.78 is 0. The van der Waals surface area contributed by atoms with Gasteiger partial charge in [-0.05, 0) is 83.9 Å². The second-order valence-electron chi connectivity index (χ2n) is 8.86. The molecule has 6 aromatic rings. The van der Waals surface area contributed by atoms with Crippen LogP contribution in [0.25, 0.3) is 11.1 Å². The van der Waals surface area contributed by atoms with Crippen LogP contribution in [0.3, 0.4) is 0 Å². The Morgan fingerprint density at radius 2 is 0.658 bits per heavy atom. The summed E-state index contributed by atoms with van der Waals surface area (Å²) in [6, 6.07) is 46.2. The van der Waals surface area contributed by atoms with Crippen LogP contribution in [0.4, 0.5) is 34.1 Å². The normalized spacial score (nSPS) is 10.6. The molecule has 0 N–H and O–H groups in total. The molecule has 0 bridgehead atoms. The smallest absolute Gasteiger partial charge is 0.0644 e. The second kappa shape index (κ2) is 10.8. The first-order valence-electron chi connectivity index (χ1n) is 12.6. The average Bonchev–Trinajstić information content (AvgIpc) is 3.00. The standard InChI is InChI=1S/C34H26N4/c1-3-9-29(10-4-1)37(33-13-7-23-35-25-33)31-19-15-27(16-20-31)28-17-21-32(22-18-28)38(30-11-5-2-6-12-30)34-14-8-24-36-26-34/h1-26H. The molecule has 0 spiro atoms. The van der Waals surface area contributed by atoms with Crippen LogP contribution in [-0.4, -0.2) is 9.97 Å². The Morgan fingerprint density at radius 3 is 1.00 bits per heavy atom. The summed E-state index contributed by atoms with van der Waals surface area (Å²) in [6.07, 6.45) is 7.38. The molecule has 0 atom stereocenters. The SMILES string of the molecule is c1ccc(N(c2ccc(-c3ccc(N(c4ccccc4)c4cccnc4)cc3)cc2)c2cccnc2)cc1. The van der Waals surface area contributed by atoms with Gasteiger partial charge in [0.05, 0.1) is 23.8 Å². The zero-order valence-electron chi connectivity index (χ0n) is 20.8. The molecule has 0 aliphatic heterocycles. The van der Waals surface area contributed by atoms with Gasteiger partial charge in [0.25, 0.3) is 0 Å². The summed E-state index contributed by atoms with van der Waals surface area (Å²) in [5.41, 5.74) is 8.70. The maximum atomic E-state index is 4.34. The lowest BCUT2D eigenvalue weighted by Crippen LogP contribution is -2.10. The molecule has 0 unspecified atom stereocenters. The van der Waals surface area contributed by atoms with E-state index in [9.17, 15) is 0 Å². The molecule has 0 fully saturated rings. The van der Waals surface area contributed by atoms with Crippen LogP contribution in [0.5, 0.6) is 0 Å². The molecule has 4 heteroatoms. The van der Waals surface area contributed by atoms with Crippen molar-refractivity contribution in [1.82, 2.24) is 9.97 Å². The molecular formula is C34H26N4. The molecule has 38 heavy (non-hydrogen) atoms. The zero-order valence-corrected chi connectivity index (χ0v) is 20.8. The fourth-order valence-electron chi connectivity index (χ4n) is 4.63. The van der Waals surface area contributed by atoms with Crippen molar-refractivity contribution in [1.29, 1.82) is 0 Å². The van der Waals surface area contributed by atoms with Crippen molar-refractivity contribution in [2.24, 2.45) is 0 Å². The summed E-state index contributed by atoms with van der Waals surface area (Å²) in [7, 11) is 0. The summed E-state index contributed by atoms with van der Waals surface area (Å²) in [4.78, 5) is 13.1. The highest BCUT2D eigenvalue weighted by molar-refractivity contribution is 5.80. The van der Waals surface area contributed by atoms with E-state index in [1.54, 1.807) is 12.4 Å². The third kappa shape index (κ3) is 4.88. The predicted octanol–water partition coefficient (Wildman–Crippen LogP) is 9.08. The molecule has 0 amide bonds. The minimum atomic E-state index is 1.02. The number of anilines is 6. The highest BCUT2D eigenvalue weighted by Crippen LogP contribution is 2.37. The number of hydrogen-bond acceptors (Lipinski definition) is 4. The minimum absolute atomic E-state index is 1.02. The van der Waals surface area contributed by atoms with Gasteiger partial charge in [-0.1, -0.05) is 60.7 Å². The molecule has 4 nitrogen and oxygen atoms in total. The molecule has 2 aromatic heterocycles. The van der Waals surface area contributed by atoms with Gasteiger partial charge >= 0.3 is 0 Å². The lowest BCUT2D eigenvalue weighted by molar-refractivity contribution is 1.23. The van der Waals surface area contributed by atoms with E-state index in [4.69, 9.17) is 0 Å². The quantitative estimate of drug-likeness (QED) is 0.223. The first-order valence-corrected chi connectivity index (χ1v) is 12.6. The number of aromatic nitrogens is 2. The van der Waals surface area contributed by atoms with Gasteiger partial charge in [-0.15, -0.1) is 0 Å². The molecule has 6 rings (SSSR count). The first kappa shape index (κ1) is 23.2. The van der Waals surface area contributed by atoms with Crippen molar-refractivity contribution in [2.45, 2.75) is 0 Å². The Labute approximate surface area is 223 Å². The van der Waals surface area contributed by atoms with Crippen molar-refractivity contribution >= 4 is 34.1 Å². The lowest BCUT2D eigenvalue weighted by atomic mass is 10.0. The molecule has 0 saturated heterocycles. The monoisotopic (exact) mass is 490 g/mol. The van der Waals surface area contributed by atoms with Gasteiger partial charge < -0.3 is 9.80 Å². The van der Waals surface area contributed by atoms with E-state index >= 15 is 0 Å². The highest BCUT2D eigenvalue weighted by atomic mass is 15.2. The lowest BCUT2D eigenvalue weighted by Gasteiger charge is -2.25. The average molecular weight is 491 g/mol. The molecule has 4 aromatic carbocycles. The van der Waals surface area contributed by atoms with Crippen molar-refractivity contribution < 1.29 is 0 Å². The van der Waals surface area contributed by atoms with Gasteiger partial charge in [0, 0.05) is 35.1 Å². The van der Waals surface area contributed by atoms with E-state index < -0.39 is 0 Å². The third-order valence-electron chi connectivity index (χ3n) is 6.42. The van der Waals surface area contributed by atoms with Crippen LogP contribution < -0.4 is 9.80 Å². The molecule has 182 valence electrons. The minimum Gasteiger partial charge on any atom is -0.309 e. The van der Waals surface area contributed by atoms with Gasteiger partial charge in [-0.3, -0.25) is 9.97 Å². The Kier molecular flexibility index (Phi) is 6.60. The summed E-state index contributed by atoms with van der Waals surface area (Å²) in [5.74, 6) is 0. The zero-order chi connectivity index (χ0) is 25.6. The molecule has 0 radical (unpaired) electrons. The Hall–Kier alpha value is -5.22. The molecule has 2 heterocycles. The van der Waals surface area contributed by atoms with Crippen LogP contribution in [-0.2, 0) is 0 Å². The van der Waals surface area contributed by atoms with Crippen LogP contribution in [0.15, 0.2) is 158 Å². The highest BCUT2D eigenvalue weighted by Gasteiger charge is 2.14. The summed E-state index contributed by atoms with van der Waals surface area (Å²) >= 11 is 0. The van der Waals surface area contributed by atoms with Crippen molar-refractivity contribution in [3.63, 3.8) is 0 Å². The number of para-hydroxylation sites is 2. The summed E-state index contributed by atoms with van der Waals surface area (Å²) in [5, 5.41) is 0. The van der Waals surface area contributed by atoms with Gasteiger partial charge in [-0.2, -0.15) is 0 Å². The number of hydrogen-bond donors (Lipinski definition) is 0. The first-order chi connectivity index (χ1) is 18.9. The maximum Gasteiger partial charge on any atom is 0.0644 e. The number of nitrogens with zero attached hydrogens (tertiary/aromatic N) is 4. The fourth-order valence-corrected chi connectivity index (χ4v) is 4.63. The Balaban J connectivity index is 1.31. The Morgan fingerprint density at radius 1 is 0.316 bits per heavy atom. The van der Waals surface area contributed by atoms with Crippen molar-refractivity contribution in [3.8, 4) is 11.1 Å². The fraction of sp³-hybridized carbons (Fsp3) is 0. The number of rotatable bonds is 7. The molecule has 0 aliphatic rings. The largest absolute Gasteiger partial charge is 0.309 e. The van der Waals surface area contributed by atoms with Crippen molar-refractivity contribution in [2.75, 3.05) is 9.80 Å². The van der Waals surface area contributed by atoms with Crippen LogP contribution >= 0.6 is 0 Å². The van der Waals surface area contributed by atoms with Crippen LogP contribution in [0, 0.1) is 0 Å².